The summed E-state index contributed by atoms with van der Waals surface area (Å²) in [5.74, 6) is 1.14. The Balaban J connectivity index is 2.80. The summed E-state index contributed by atoms with van der Waals surface area (Å²) in [4.78, 5) is 0. The van der Waals surface area contributed by atoms with Crippen LogP contribution in [0.15, 0.2) is 24.3 Å². The molecule has 3 unspecified atom stereocenters. The molecule has 3 heteroatoms. The Kier molecular flexibility index (Phi) is 6.03. The Morgan fingerprint density at radius 2 is 1.83 bits per heavy atom. The van der Waals surface area contributed by atoms with Crippen LogP contribution in [-0.4, -0.2) is 22.3 Å². The largest absolute Gasteiger partial charge is 0.312 e. The summed E-state index contributed by atoms with van der Waals surface area (Å²) in [6, 6.07) is 8.48. The van der Waals surface area contributed by atoms with Gasteiger partial charge in [-0.25, -0.2) is 0 Å². The van der Waals surface area contributed by atoms with Gasteiger partial charge in [0.05, 0.1) is 0 Å². The van der Waals surface area contributed by atoms with Gasteiger partial charge < -0.3 is 5.32 Å². The van der Waals surface area contributed by atoms with Crippen molar-refractivity contribution < 1.29 is 4.21 Å². The average molecular weight is 267 g/mol. The van der Waals surface area contributed by atoms with Gasteiger partial charge in [-0.3, -0.25) is 4.21 Å². The van der Waals surface area contributed by atoms with E-state index >= 15 is 0 Å². The second-order valence-corrected chi connectivity index (χ2v) is 7.03. The minimum absolute atomic E-state index is 0.174. The molecule has 0 radical (unpaired) electrons. The monoisotopic (exact) mass is 267 g/mol. The molecular weight excluding hydrogens is 242 g/mol. The zero-order valence-corrected chi connectivity index (χ0v) is 12.9. The Morgan fingerprint density at radius 1 is 1.22 bits per heavy atom. The highest BCUT2D eigenvalue weighted by Gasteiger charge is 2.20. The molecule has 102 valence electrons. The van der Waals surface area contributed by atoms with Crippen molar-refractivity contribution in [1.29, 1.82) is 0 Å². The highest BCUT2D eigenvalue weighted by molar-refractivity contribution is 7.85. The summed E-state index contributed by atoms with van der Waals surface area (Å²) in [7, 11) is 1.14. The number of rotatable bonds is 6. The van der Waals surface area contributed by atoms with Gasteiger partial charge in [-0.05, 0) is 31.0 Å². The van der Waals surface area contributed by atoms with Crippen molar-refractivity contribution in [3.05, 3.63) is 35.4 Å². The first kappa shape index (κ1) is 15.4. The molecule has 2 nitrogen and oxygen atoms in total. The van der Waals surface area contributed by atoms with Gasteiger partial charge in [-0.1, -0.05) is 45.0 Å². The number of hydrogen-bond donors (Lipinski definition) is 1. The molecule has 0 spiro atoms. The summed E-state index contributed by atoms with van der Waals surface area (Å²) in [6.45, 7) is 8.44. The number of benzene rings is 1. The summed E-state index contributed by atoms with van der Waals surface area (Å²) >= 11 is 0. The average Bonchev–Trinajstić information content (AvgIpc) is 2.35. The van der Waals surface area contributed by atoms with E-state index < -0.39 is 10.8 Å². The van der Waals surface area contributed by atoms with Crippen LogP contribution >= 0.6 is 0 Å². The Morgan fingerprint density at radius 3 is 2.33 bits per heavy atom. The van der Waals surface area contributed by atoms with E-state index in [-0.39, 0.29) is 11.3 Å². The standard InChI is InChI=1S/C15H25NOS/c1-11(2)13(4)18(17)10-15(16-5)14-9-7-6-8-12(14)3/h6-9,11,13,15-16H,10H2,1-5H3. The first-order valence-electron chi connectivity index (χ1n) is 6.57. The van der Waals surface area contributed by atoms with E-state index in [4.69, 9.17) is 0 Å². The van der Waals surface area contributed by atoms with Crippen LogP contribution in [0.5, 0.6) is 0 Å². The lowest BCUT2D eigenvalue weighted by Crippen LogP contribution is -2.29. The molecule has 0 aliphatic carbocycles. The van der Waals surface area contributed by atoms with Gasteiger partial charge in [0.25, 0.3) is 0 Å². The van der Waals surface area contributed by atoms with Gasteiger partial charge in [0.15, 0.2) is 0 Å². The molecule has 0 bridgehead atoms. The van der Waals surface area contributed by atoms with Gasteiger partial charge in [0, 0.05) is 27.8 Å². The molecule has 0 aromatic heterocycles. The van der Waals surface area contributed by atoms with E-state index in [0.717, 1.165) is 0 Å². The van der Waals surface area contributed by atoms with Crippen LogP contribution in [0, 0.1) is 12.8 Å². The molecule has 0 amide bonds. The normalized spacial score (nSPS) is 16.6. The second kappa shape index (κ2) is 7.05. The highest BCUT2D eigenvalue weighted by atomic mass is 32.2. The van der Waals surface area contributed by atoms with Gasteiger partial charge in [0.1, 0.15) is 0 Å². The molecule has 18 heavy (non-hydrogen) atoms. The van der Waals surface area contributed by atoms with Crippen LogP contribution in [0.4, 0.5) is 0 Å². The SMILES string of the molecule is CNC(CS(=O)C(C)C(C)C)c1ccccc1C. The molecule has 1 N–H and O–H groups in total. The molecule has 1 aromatic rings. The molecule has 3 atom stereocenters. The van der Waals surface area contributed by atoms with Gasteiger partial charge in [-0.2, -0.15) is 0 Å². The summed E-state index contributed by atoms with van der Waals surface area (Å²) in [5, 5.41) is 3.53. The summed E-state index contributed by atoms with van der Waals surface area (Å²) in [5.41, 5.74) is 2.51. The van der Waals surface area contributed by atoms with Crippen LogP contribution in [0.1, 0.15) is 37.9 Å². The third kappa shape index (κ3) is 3.92. The fourth-order valence-electron chi connectivity index (χ4n) is 1.93. The van der Waals surface area contributed by atoms with Crippen LogP contribution in [0.2, 0.25) is 0 Å². The lowest BCUT2D eigenvalue weighted by molar-refractivity contribution is 0.589. The van der Waals surface area contributed by atoms with E-state index in [1.54, 1.807) is 0 Å². The quantitative estimate of drug-likeness (QED) is 0.858. The topological polar surface area (TPSA) is 29.1 Å². The Hall–Kier alpha value is -0.670. The third-order valence-corrected chi connectivity index (χ3v) is 5.63. The van der Waals surface area contributed by atoms with E-state index in [1.807, 2.05) is 19.2 Å². The lowest BCUT2D eigenvalue weighted by Gasteiger charge is -2.22. The maximum Gasteiger partial charge on any atom is 0.0437 e. The molecule has 1 rings (SSSR count). The predicted molar refractivity (Wildman–Crippen MR) is 80.3 cm³/mol. The molecule has 0 fully saturated rings. The van der Waals surface area contributed by atoms with Crippen LogP contribution in [-0.2, 0) is 10.8 Å². The molecule has 0 aliphatic rings. The second-order valence-electron chi connectivity index (χ2n) is 5.19. The van der Waals surface area contributed by atoms with E-state index in [2.05, 4.69) is 45.1 Å². The van der Waals surface area contributed by atoms with Gasteiger partial charge in [-0.15, -0.1) is 0 Å². The fourth-order valence-corrected chi connectivity index (χ4v) is 3.51. The number of hydrogen-bond acceptors (Lipinski definition) is 2. The Bertz CT molecular complexity index is 403. The van der Waals surface area contributed by atoms with Crippen molar-refractivity contribution in [1.82, 2.24) is 5.32 Å². The summed E-state index contributed by atoms with van der Waals surface area (Å²) in [6.07, 6.45) is 0. The van der Waals surface area contributed by atoms with Crippen molar-refractivity contribution in [3.63, 3.8) is 0 Å². The van der Waals surface area contributed by atoms with Gasteiger partial charge >= 0.3 is 0 Å². The molecule has 0 saturated carbocycles. The first-order valence-corrected chi connectivity index (χ1v) is 7.95. The van der Waals surface area contributed by atoms with Crippen LogP contribution in [0.3, 0.4) is 0 Å². The molecule has 0 aliphatic heterocycles. The van der Waals surface area contributed by atoms with Gasteiger partial charge in [0.2, 0.25) is 0 Å². The highest BCUT2D eigenvalue weighted by Crippen LogP contribution is 2.20. The fraction of sp³-hybridized carbons (Fsp3) is 0.600. The zero-order chi connectivity index (χ0) is 13.7. The number of aryl methyl sites for hydroxylation is 1. The molecular formula is C15H25NOS. The maximum absolute atomic E-state index is 12.3. The molecule has 0 heterocycles. The summed E-state index contributed by atoms with van der Waals surface area (Å²) < 4.78 is 12.3. The Labute approximate surface area is 114 Å². The third-order valence-electron chi connectivity index (χ3n) is 3.60. The predicted octanol–water partition coefficient (Wildman–Crippen LogP) is 3.05. The smallest absolute Gasteiger partial charge is 0.0437 e. The molecule has 0 saturated heterocycles. The maximum atomic E-state index is 12.3. The first-order chi connectivity index (χ1) is 8.47. The lowest BCUT2D eigenvalue weighted by atomic mass is 10.0. The van der Waals surface area contributed by atoms with Crippen molar-refractivity contribution >= 4 is 10.8 Å². The van der Waals surface area contributed by atoms with Crippen molar-refractivity contribution in [2.24, 2.45) is 5.92 Å². The minimum atomic E-state index is -0.796. The van der Waals surface area contributed by atoms with E-state index in [0.29, 0.717) is 11.7 Å². The van der Waals surface area contributed by atoms with Crippen LogP contribution in [0.25, 0.3) is 0 Å². The van der Waals surface area contributed by atoms with E-state index in [1.165, 1.54) is 11.1 Å². The van der Waals surface area contributed by atoms with Crippen LogP contribution < -0.4 is 5.32 Å². The zero-order valence-electron chi connectivity index (χ0n) is 12.1. The van der Waals surface area contributed by atoms with Crippen molar-refractivity contribution in [2.45, 2.75) is 39.0 Å². The van der Waals surface area contributed by atoms with Crippen molar-refractivity contribution in [2.75, 3.05) is 12.8 Å². The van der Waals surface area contributed by atoms with E-state index in [9.17, 15) is 4.21 Å². The number of nitrogens with one attached hydrogen (secondary N) is 1. The molecule has 1 aromatic carbocycles. The minimum Gasteiger partial charge on any atom is -0.312 e. The van der Waals surface area contributed by atoms with Crippen molar-refractivity contribution in [3.8, 4) is 0 Å².